The van der Waals surface area contributed by atoms with Gasteiger partial charge in [0.2, 0.25) is 0 Å². The summed E-state index contributed by atoms with van der Waals surface area (Å²) in [6.07, 6.45) is 0. The van der Waals surface area contributed by atoms with Crippen molar-refractivity contribution in [2.75, 3.05) is 0 Å². The van der Waals surface area contributed by atoms with Gasteiger partial charge in [-0.25, -0.2) is 8.78 Å². The molecule has 3 heterocycles. The lowest BCUT2D eigenvalue weighted by Crippen LogP contribution is -1.78. The fourth-order valence-electron chi connectivity index (χ4n) is 6.25. The van der Waals surface area contributed by atoms with Crippen LogP contribution in [0.3, 0.4) is 0 Å². The zero-order chi connectivity index (χ0) is 31.8. The van der Waals surface area contributed by atoms with Crippen molar-refractivity contribution in [2.24, 2.45) is 0 Å². The maximum Gasteiger partial charge on any atom is 0.141 e. The highest BCUT2D eigenvalue weighted by Gasteiger charge is 2.15. The van der Waals surface area contributed by atoms with E-state index in [9.17, 15) is 8.78 Å². The molecular formula is C40H20Cl2F2S3. The summed E-state index contributed by atoms with van der Waals surface area (Å²) in [7, 11) is 0. The minimum absolute atomic E-state index is 0.134. The third-order valence-corrected chi connectivity index (χ3v) is 12.9. The van der Waals surface area contributed by atoms with Gasteiger partial charge in [0.25, 0.3) is 0 Å². The van der Waals surface area contributed by atoms with Crippen LogP contribution in [0.2, 0.25) is 10.0 Å². The summed E-state index contributed by atoms with van der Waals surface area (Å²) in [6, 6.07) is 40.4. The molecule has 0 bridgehead atoms. The first-order chi connectivity index (χ1) is 22.9. The van der Waals surface area contributed by atoms with E-state index in [0.717, 1.165) is 41.8 Å². The van der Waals surface area contributed by atoms with Crippen molar-refractivity contribution in [3.63, 3.8) is 0 Å². The van der Waals surface area contributed by atoms with E-state index in [1.807, 2.05) is 11.3 Å². The molecule has 0 saturated heterocycles. The third kappa shape index (κ3) is 4.97. The van der Waals surface area contributed by atoms with Gasteiger partial charge in [0.15, 0.2) is 0 Å². The van der Waals surface area contributed by atoms with E-state index in [1.54, 1.807) is 46.9 Å². The van der Waals surface area contributed by atoms with Gasteiger partial charge in [-0.1, -0.05) is 83.9 Å². The van der Waals surface area contributed by atoms with Crippen LogP contribution in [0, 0.1) is 11.6 Å². The largest absolute Gasteiger partial charge is 0.205 e. The van der Waals surface area contributed by atoms with Gasteiger partial charge in [0, 0.05) is 39.7 Å². The molecule has 0 spiro atoms. The summed E-state index contributed by atoms with van der Waals surface area (Å²) in [5, 5.41) is 7.68. The van der Waals surface area contributed by atoms with Crippen LogP contribution in [0.4, 0.5) is 8.78 Å². The minimum Gasteiger partial charge on any atom is -0.205 e. The molecule has 0 aliphatic carbocycles. The van der Waals surface area contributed by atoms with E-state index in [0.29, 0.717) is 0 Å². The maximum absolute atomic E-state index is 13.7. The first-order valence-electron chi connectivity index (χ1n) is 14.8. The molecular weight excluding hydrogens is 686 g/mol. The van der Waals surface area contributed by atoms with Crippen LogP contribution < -0.4 is 0 Å². The Morgan fingerprint density at radius 3 is 1.13 bits per heavy atom. The lowest BCUT2D eigenvalue weighted by atomic mass is 10.0. The van der Waals surface area contributed by atoms with E-state index in [-0.39, 0.29) is 10.0 Å². The second-order valence-electron chi connectivity index (χ2n) is 11.4. The second kappa shape index (κ2) is 11.3. The molecule has 0 amide bonds. The molecule has 0 radical (unpaired) electrons. The Kier molecular flexibility index (Phi) is 6.96. The number of fused-ring (bicyclic) bond motifs is 7. The van der Waals surface area contributed by atoms with Crippen molar-refractivity contribution in [3.05, 3.63) is 143 Å². The normalized spacial score (nSPS) is 11.8. The summed E-state index contributed by atoms with van der Waals surface area (Å²) in [6.45, 7) is 0. The molecule has 0 fully saturated rings. The van der Waals surface area contributed by atoms with Crippen molar-refractivity contribution in [3.8, 4) is 41.8 Å². The molecule has 0 unspecified atom stereocenters. The van der Waals surface area contributed by atoms with Crippen molar-refractivity contribution in [1.82, 2.24) is 0 Å². The highest BCUT2D eigenvalue weighted by Crippen LogP contribution is 2.44. The molecule has 0 aliphatic rings. The predicted molar refractivity (Wildman–Crippen MR) is 202 cm³/mol. The summed E-state index contributed by atoms with van der Waals surface area (Å²) in [4.78, 5) is 4.41. The minimum atomic E-state index is -0.408. The molecule has 6 aromatic carbocycles. The van der Waals surface area contributed by atoms with Crippen LogP contribution in [0.5, 0.6) is 0 Å². The smallest absolute Gasteiger partial charge is 0.141 e. The molecule has 47 heavy (non-hydrogen) atoms. The molecule has 0 saturated carbocycles. The van der Waals surface area contributed by atoms with Crippen LogP contribution in [0.15, 0.2) is 121 Å². The first kappa shape index (κ1) is 29.1. The zero-order valence-corrected chi connectivity index (χ0v) is 28.2. The van der Waals surface area contributed by atoms with Gasteiger partial charge < -0.3 is 0 Å². The van der Waals surface area contributed by atoms with Gasteiger partial charge in [-0.2, -0.15) is 0 Å². The van der Waals surface area contributed by atoms with Crippen molar-refractivity contribution >= 4 is 98.9 Å². The van der Waals surface area contributed by atoms with E-state index in [4.69, 9.17) is 23.2 Å². The van der Waals surface area contributed by atoms with Crippen LogP contribution in [0.1, 0.15) is 0 Å². The number of thiophene rings is 3. The van der Waals surface area contributed by atoms with E-state index >= 15 is 0 Å². The molecule has 9 rings (SSSR count). The van der Waals surface area contributed by atoms with Crippen LogP contribution >= 0.6 is 57.2 Å². The Labute approximate surface area is 290 Å². The molecule has 7 heteroatoms. The average Bonchev–Trinajstić information content (AvgIpc) is 3.86. The van der Waals surface area contributed by atoms with Gasteiger partial charge >= 0.3 is 0 Å². The second-order valence-corrected chi connectivity index (χ2v) is 15.4. The third-order valence-electron chi connectivity index (χ3n) is 8.62. The first-order valence-corrected chi connectivity index (χ1v) is 18.0. The number of hydrogen-bond donors (Lipinski definition) is 0. The van der Waals surface area contributed by atoms with Crippen molar-refractivity contribution < 1.29 is 8.78 Å². The van der Waals surface area contributed by atoms with Gasteiger partial charge in [0.05, 0.1) is 10.0 Å². The van der Waals surface area contributed by atoms with Crippen molar-refractivity contribution in [1.29, 1.82) is 0 Å². The number of rotatable bonds is 4. The van der Waals surface area contributed by atoms with Crippen molar-refractivity contribution in [2.45, 2.75) is 0 Å². The number of hydrogen-bond acceptors (Lipinski definition) is 3. The Hall–Kier alpha value is -4.10. The van der Waals surface area contributed by atoms with Crippen LogP contribution in [-0.4, -0.2) is 0 Å². The quantitative estimate of drug-likeness (QED) is 0.171. The monoisotopic (exact) mass is 704 g/mol. The maximum atomic E-state index is 13.7. The van der Waals surface area contributed by atoms with E-state index in [2.05, 4.69) is 84.9 Å². The Morgan fingerprint density at radius 1 is 0.362 bits per heavy atom. The lowest BCUT2D eigenvalue weighted by Gasteiger charge is -2.04. The Balaban J connectivity index is 1.08. The molecule has 9 aromatic rings. The molecule has 0 nitrogen and oxygen atoms in total. The lowest BCUT2D eigenvalue weighted by molar-refractivity contribution is 0.628. The summed E-state index contributed by atoms with van der Waals surface area (Å²) in [5.41, 5.74) is 4.13. The van der Waals surface area contributed by atoms with Crippen LogP contribution in [0.25, 0.3) is 83.5 Å². The van der Waals surface area contributed by atoms with E-state index in [1.165, 1.54) is 53.8 Å². The standard InChI is InChI=1S/C40H20Cl2F2S3/c41-31-19-25(5-11-33(31)43)37-15-13-35(45-37)23-3-7-27-21(17-23)1-9-29-30-10-2-22-18-24(4-8-28(22)40(30)47-39(27)29)36-14-16-38(46-36)26-6-12-34(44)32(42)20-26/h1-20H. The van der Waals surface area contributed by atoms with Gasteiger partial charge in [-0.15, -0.1) is 34.0 Å². The molecule has 0 aliphatic heterocycles. The SMILES string of the molecule is Fc1ccc(-c2ccc(-c3ccc4c(ccc5c6ccc7cc(-c8ccc(-c9ccc(F)c(Cl)c9)s8)ccc7c6sc45)c3)s2)cc1Cl. The summed E-state index contributed by atoms with van der Waals surface area (Å²) >= 11 is 17.3. The zero-order valence-electron chi connectivity index (χ0n) is 24.3. The number of halogens is 4. The topological polar surface area (TPSA) is 0 Å². The predicted octanol–water partition coefficient (Wildman–Crippen LogP) is 14.7. The van der Waals surface area contributed by atoms with Gasteiger partial charge in [-0.3, -0.25) is 0 Å². The van der Waals surface area contributed by atoms with E-state index < -0.39 is 11.6 Å². The molecule has 0 N–H and O–H groups in total. The number of benzene rings is 6. The van der Waals surface area contributed by atoms with Crippen LogP contribution in [-0.2, 0) is 0 Å². The molecule has 226 valence electrons. The fourth-order valence-corrected chi connectivity index (χ4v) is 9.98. The Morgan fingerprint density at radius 2 is 0.723 bits per heavy atom. The average molecular weight is 706 g/mol. The van der Waals surface area contributed by atoms with Gasteiger partial charge in [-0.05, 0) is 104 Å². The fraction of sp³-hybridized carbons (Fsp3) is 0. The summed E-state index contributed by atoms with van der Waals surface area (Å²) < 4.78 is 30.0. The molecule has 0 atom stereocenters. The highest BCUT2D eigenvalue weighted by molar-refractivity contribution is 7.27. The molecule has 3 aromatic heterocycles. The van der Waals surface area contributed by atoms with Gasteiger partial charge in [0.1, 0.15) is 11.6 Å². The summed E-state index contributed by atoms with van der Waals surface area (Å²) in [5.74, 6) is -0.815. The highest BCUT2D eigenvalue weighted by atomic mass is 35.5. The Bertz CT molecular complexity index is 2520.